The second-order valence-corrected chi connectivity index (χ2v) is 6.21. The predicted molar refractivity (Wildman–Crippen MR) is 94.2 cm³/mol. The molecule has 1 saturated heterocycles. The highest BCUT2D eigenvalue weighted by molar-refractivity contribution is 6.36. The van der Waals surface area contributed by atoms with Crippen LogP contribution in [0.4, 0.5) is 5.69 Å². The smallest absolute Gasteiger partial charge is 0.313 e. The first kappa shape index (κ1) is 17.1. The fourth-order valence-electron chi connectivity index (χ4n) is 2.86. The van der Waals surface area contributed by atoms with Gasteiger partial charge < -0.3 is 4.74 Å². The van der Waals surface area contributed by atoms with E-state index in [1.54, 1.807) is 30.2 Å². The lowest BCUT2D eigenvalue weighted by Crippen LogP contribution is -2.29. The summed E-state index contributed by atoms with van der Waals surface area (Å²) in [5.41, 5.74) is 1.49. The number of benzene rings is 2. The second-order valence-electron chi connectivity index (χ2n) is 5.40. The van der Waals surface area contributed by atoms with E-state index in [2.05, 4.69) is 0 Å². The number of hydroxylamine groups is 1. The quantitative estimate of drug-likeness (QED) is 0.738. The highest BCUT2D eigenvalue weighted by Gasteiger charge is 2.44. The van der Waals surface area contributed by atoms with Crippen LogP contribution in [-0.2, 0) is 14.4 Å². The number of rotatable bonds is 4. The van der Waals surface area contributed by atoms with Crippen molar-refractivity contribution in [2.24, 2.45) is 5.92 Å². The molecule has 2 aromatic carbocycles. The molecule has 0 aliphatic carbocycles. The standard InChI is InChI=1S/C18H17Cl2NO3/c1-2-23-18(22)13-11-24-21(12-7-4-3-5-8-12)17(13)16-14(19)9-6-10-15(16)20/h3-10,13,17H,2,11H2,1H3/t13-,17-/m1/s1. The number of carbonyl (C=O) groups is 1. The molecule has 24 heavy (non-hydrogen) atoms. The molecule has 0 unspecified atom stereocenters. The molecule has 1 fully saturated rings. The molecule has 6 heteroatoms. The highest BCUT2D eigenvalue weighted by atomic mass is 35.5. The third-order valence-corrected chi connectivity index (χ3v) is 4.58. The molecule has 2 atom stereocenters. The van der Waals surface area contributed by atoms with Crippen LogP contribution < -0.4 is 5.06 Å². The van der Waals surface area contributed by atoms with E-state index in [0.29, 0.717) is 22.2 Å². The minimum Gasteiger partial charge on any atom is -0.466 e. The van der Waals surface area contributed by atoms with Crippen LogP contribution >= 0.6 is 23.2 Å². The first-order chi connectivity index (χ1) is 11.6. The molecule has 0 radical (unpaired) electrons. The topological polar surface area (TPSA) is 38.8 Å². The average molecular weight is 366 g/mol. The molecule has 0 aromatic heterocycles. The summed E-state index contributed by atoms with van der Waals surface area (Å²) in [5, 5.41) is 2.68. The molecule has 0 amide bonds. The zero-order valence-corrected chi connectivity index (χ0v) is 14.6. The maximum absolute atomic E-state index is 12.4. The van der Waals surface area contributed by atoms with Gasteiger partial charge in [0, 0.05) is 15.6 Å². The molecule has 1 aliphatic rings. The van der Waals surface area contributed by atoms with Crippen molar-refractivity contribution in [3.8, 4) is 0 Å². The molecule has 1 aliphatic heterocycles. The normalized spacial score (nSPS) is 20.2. The zero-order valence-electron chi connectivity index (χ0n) is 13.1. The lowest BCUT2D eigenvalue weighted by atomic mass is 9.93. The number of nitrogens with zero attached hydrogens (tertiary/aromatic N) is 1. The van der Waals surface area contributed by atoms with Crippen molar-refractivity contribution >= 4 is 34.9 Å². The summed E-state index contributed by atoms with van der Waals surface area (Å²) in [6, 6.07) is 14.4. The van der Waals surface area contributed by atoms with Crippen molar-refractivity contribution in [1.29, 1.82) is 0 Å². The van der Waals surface area contributed by atoms with E-state index in [-0.39, 0.29) is 12.6 Å². The van der Waals surface area contributed by atoms with Gasteiger partial charge in [-0.15, -0.1) is 0 Å². The van der Waals surface area contributed by atoms with Crippen LogP contribution in [0.2, 0.25) is 10.0 Å². The van der Waals surface area contributed by atoms with Crippen molar-refractivity contribution in [1.82, 2.24) is 0 Å². The first-order valence-corrected chi connectivity index (χ1v) is 8.46. The Bertz CT molecular complexity index is 703. The minimum absolute atomic E-state index is 0.208. The van der Waals surface area contributed by atoms with Crippen molar-refractivity contribution in [3.05, 3.63) is 64.1 Å². The molecule has 126 valence electrons. The second kappa shape index (κ2) is 7.43. The molecule has 0 bridgehead atoms. The molecule has 1 heterocycles. The lowest BCUT2D eigenvalue weighted by molar-refractivity contribution is -0.148. The maximum Gasteiger partial charge on any atom is 0.313 e. The Morgan fingerprint density at radius 2 is 1.83 bits per heavy atom. The highest BCUT2D eigenvalue weighted by Crippen LogP contribution is 2.44. The van der Waals surface area contributed by atoms with E-state index in [1.165, 1.54) is 0 Å². The number of halogens is 2. The fraction of sp³-hybridized carbons (Fsp3) is 0.278. The van der Waals surface area contributed by atoms with Crippen LogP contribution in [0.3, 0.4) is 0 Å². The summed E-state index contributed by atoms with van der Waals surface area (Å²) >= 11 is 12.8. The molecule has 2 aromatic rings. The Balaban J connectivity index is 2.06. The molecular formula is C18H17Cl2NO3. The van der Waals surface area contributed by atoms with E-state index < -0.39 is 12.0 Å². The van der Waals surface area contributed by atoms with E-state index in [9.17, 15) is 4.79 Å². The van der Waals surface area contributed by atoms with Gasteiger partial charge in [-0.3, -0.25) is 9.63 Å². The summed E-state index contributed by atoms with van der Waals surface area (Å²) in [5.74, 6) is -0.834. The van der Waals surface area contributed by atoms with Gasteiger partial charge in [-0.2, -0.15) is 0 Å². The van der Waals surface area contributed by atoms with Crippen LogP contribution in [0, 0.1) is 5.92 Å². The fourth-order valence-corrected chi connectivity index (χ4v) is 3.48. The van der Waals surface area contributed by atoms with E-state index in [4.69, 9.17) is 32.8 Å². The van der Waals surface area contributed by atoms with Gasteiger partial charge in [-0.25, -0.2) is 5.06 Å². The third kappa shape index (κ3) is 3.22. The molecule has 3 rings (SSSR count). The van der Waals surface area contributed by atoms with Gasteiger partial charge in [0.05, 0.1) is 18.9 Å². The number of ether oxygens (including phenoxy) is 1. The zero-order chi connectivity index (χ0) is 17.1. The van der Waals surface area contributed by atoms with Crippen LogP contribution in [0.25, 0.3) is 0 Å². The van der Waals surface area contributed by atoms with Gasteiger partial charge in [0.25, 0.3) is 0 Å². The molecule has 0 saturated carbocycles. The van der Waals surface area contributed by atoms with Gasteiger partial charge in [0.1, 0.15) is 12.0 Å². The summed E-state index contributed by atoms with van der Waals surface area (Å²) in [6.07, 6.45) is 0. The number of esters is 1. The van der Waals surface area contributed by atoms with Crippen molar-refractivity contribution < 1.29 is 14.4 Å². The van der Waals surface area contributed by atoms with Gasteiger partial charge >= 0.3 is 5.97 Å². The van der Waals surface area contributed by atoms with Crippen molar-refractivity contribution in [2.75, 3.05) is 18.3 Å². The minimum atomic E-state index is -0.512. The van der Waals surface area contributed by atoms with Gasteiger partial charge in [-0.1, -0.05) is 47.5 Å². The van der Waals surface area contributed by atoms with E-state index >= 15 is 0 Å². The Morgan fingerprint density at radius 3 is 2.46 bits per heavy atom. The van der Waals surface area contributed by atoms with Crippen LogP contribution in [-0.4, -0.2) is 19.2 Å². The van der Waals surface area contributed by atoms with Gasteiger partial charge in [-0.05, 0) is 31.2 Å². The number of hydrogen-bond acceptors (Lipinski definition) is 4. The Labute approximate surface area is 150 Å². The molecule has 0 spiro atoms. The van der Waals surface area contributed by atoms with Gasteiger partial charge in [0.15, 0.2) is 0 Å². The first-order valence-electron chi connectivity index (χ1n) is 7.71. The number of carbonyl (C=O) groups excluding carboxylic acids is 1. The third-order valence-electron chi connectivity index (χ3n) is 3.92. The van der Waals surface area contributed by atoms with Gasteiger partial charge in [0.2, 0.25) is 0 Å². The average Bonchev–Trinajstić information content (AvgIpc) is 3.00. The van der Waals surface area contributed by atoms with Crippen molar-refractivity contribution in [2.45, 2.75) is 13.0 Å². The van der Waals surface area contributed by atoms with Crippen molar-refractivity contribution in [3.63, 3.8) is 0 Å². The SMILES string of the molecule is CCOC(=O)[C@@H]1CON(c2ccccc2)[C@H]1c1c(Cl)cccc1Cl. The van der Waals surface area contributed by atoms with Crippen LogP contribution in [0.1, 0.15) is 18.5 Å². The predicted octanol–water partition coefficient (Wildman–Crippen LogP) is 4.67. The van der Waals surface area contributed by atoms with Crippen LogP contribution in [0.15, 0.2) is 48.5 Å². The Morgan fingerprint density at radius 1 is 1.17 bits per heavy atom. The number of para-hydroxylation sites is 1. The Kier molecular flexibility index (Phi) is 5.29. The van der Waals surface area contributed by atoms with Crippen LogP contribution in [0.5, 0.6) is 0 Å². The summed E-state index contributed by atoms with van der Waals surface area (Å²) in [7, 11) is 0. The molecule has 0 N–H and O–H groups in total. The molecular weight excluding hydrogens is 349 g/mol. The maximum atomic E-state index is 12.4. The summed E-state index contributed by atoms with van der Waals surface area (Å²) in [6.45, 7) is 2.30. The van der Waals surface area contributed by atoms with E-state index in [1.807, 2.05) is 30.3 Å². The van der Waals surface area contributed by atoms with E-state index in [0.717, 1.165) is 5.69 Å². The summed E-state index contributed by atoms with van der Waals surface area (Å²) < 4.78 is 5.21. The number of anilines is 1. The number of hydrogen-bond donors (Lipinski definition) is 0. The summed E-state index contributed by atoms with van der Waals surface area (Å²) in [4.78, 5) is 18.2. The molecule has 4 nitrogen and oxygen atoms in total. The Hall–Kier alpha value is -1.75. The lowest BCUT2D eigenvalue weighted by Gasteiger charge is -2.28. The largest absolute Gasteiger partial charge is 0.466 e. The monoisotopic (exact) mass is 365 g/mol.